The summed E-state index contributed by atoms with van der Waals surface area (Å²) in [6.45, 7) is 9.10. The number of piperidine rings is 1. The third kappa shape index (κ3) is 2.37. The normalized spacial score (nSPS) is 24.8. The Morgan fingerprint density at radius 2 is 1.95 bits per heavy atom. The highest BCUT2D eigenvalue weighted by Crippen LogP contribution is 2.51. The molecule has 0 unspecified atom stereocenters. The maximum absolute atomic E-state index is 9.07. The van der Waals surface area contributed by atoms with Crippen LogP contribution in [0.15, 0.2) is 18.2 Å². The van der Waals surface area contributed by atoms with Gasteiger partial charge >= 0.3 is 0 Å². The fraction of sp³-hybridized carbons (Fsp3) is 0.611. The number of nitrogens with zero attached hydrogens (tertiary/aromatic N) is 2. The molecule has 2 N–H and O–H groups in total. The first-order valence-electron chi connectivity index (χ1n) is 7.89. The summed E-state index contributed by atoms with van der Waals surface area (Å²) in [4.78, 5) is 2.56. The van der Waals surface area contributed by atoms with E-state index in [-0.39, 0.29) is 17.0 Å². The van der Waals surface area contributed by atoms with E-state index in [1.54, 1.807) is 0 Å². The Hall–Kier alpha value is -1.37. The third-order valence-electron chi connectivity index (χ3n) is 5.52. The Morgan fingerprint density at radius 1 is 1.29 bits per heavy atom. The highest BCUT2D eigenvalue weighted by molar-refractivity contribution is 5.44. The average Bonchev–Trinajstić information content (AvgIpc) is 2.70. The van der Waals surface area contributed by atoms with Crippen LogP contribution in [0.4, 0.5) is 0 Å². The Labute approximate surface area is 127 Å². The molecule has 0 bridgehead atoms. The number of benzene rings is 1. The summed E-state index contributed by atoms with van der Waals surface area (Å²) in [7, 11) is 0. The van der Waals surface area contributed by atoms with Crippen LogP contribution in [0.25, 0.3) is 0 Å². The van der Waals surface area contributed by atoms with Gasteiger partial charge in [0.2, 0.25) is 0 Å². The van der Waals surface area contributed by atoms with E-state index >= 15 is 0 Å². The zero-order valence-electron chi connectivity index (χ0n) is 13.3. The Morgan fingerprint density at radius 3 is 2.52 bits per heavy atom. The minimum atomic E-state index is 0.127. The van der Waals surface area contributed by atoms with Crippen LogP contribution < -0.4 is 5.73 Å². The second kappa shape index (κ2) is 4.83. The predicted octanol–water partition coefficient (Wildman–Crippen LogP) is 2.99. The minimum Gasteiger partial charge on any atom is -0.323 e. The first-order valence-corrected chi connectivity index (χ1v) is 7.89. The number of nitriles is 1. The number of fused-ring (bicyclic) bond motifs is 1. The molecule has 0 saturated carbocycles. The number of rotatable bonds is 0. The van der Waals surface area contributed by atoms with Crippen LogP contribution in [0.1, 0.15) is 56.3 Å². The lowest BCUT2D eigenvalue weighted by atomic mass is 9.72. The average molecular weight is 283 g/mol. The second-order valence-corrected chi connectivity index (χ2v) is 7.70. The number of hydrogen-bond donors (Lipinski definition) is 1. The summed E-state index contributed by atoms with van der Waals surface area (Å²) in [5.41, 5.74) is 10.4. The van der Waals surface area contributed by atoms with Gasteiger partial charge in [-0.15, -0.1) is 0 Å². The Kier molecular flexibility index (Phi) is 3.35. The van der Waals surface area contributed by atoms with Gasteiger partial charge in [0.1, 0.15) is 0 Å². The van der Waals surface area contributed by atoms with E-state index in [9.17, 15) is 0 Å². The van der Waals surface area contributed by atoms with E-state index in [0.29, 0.717) is 0 Å². The van der Waals surface area contributed by atoms with Crippen molar-refractivity contribution in [2.24, 2.45) is 11.1 Å². The number of hydrogen-bond acceptors (Lipinski definition) is 3. The molecule has 1 aromatic carbocycles. The summed E-state index contributed by atoms with van der Waals surface area (Å²) < 4.78 is 0. The molecule has 3 nitrogen and oxygen atoms in total. The van der Waals surface area contributed by atoms with Crippen molar-refractivity contribution in [2.75, 3.05) is 13.1 Å². The van der Waals surface area contributed by atoms with Gasteiger partial charge in [0.25, 0.3) is 0 Å². The van der Waals surface area contributed by atoms with Crippen LogP contribution in [0.3, 0.4) is 0 Å². The van der Waals surface area contributed by atoms with Crippen molar-refractivity contribution in [3.8, 4) is 6.07 Å². The zero-order chi connectivity index (χ0) is 15.3. The van der Waals surface area contributed by atoms with E-state index in [1.807, 2.05) is 12.1 Å². The number of nitrogens with two attached hydrogens (primary N) is 1. The molecule has 1 aliphatic heterocycles. The molecule has 0 amide bonds. The molecule has 1 saturated heterocycles. The molecule has 1 heterocycles. The van der Waals surface area contributed by atoms with Gasteiger partial charge in [0.15, 0.2) is 0 Å². The molecule has 0 aromatic heterocycles. The second-order valence-electron chi connectivity index (χ2n) is 7.70. The zero-order valence-corrected chi connectivity index (χ0v) is 13.3. The fourth-order valence-corrected chi connectivity index (χ4v) is 4.06. The molecule has 2 aliphatic rings. The lowest BCUT2D eigenvalue weighted by Crippen LogP contribution is -2.50. The Bertz CT molecular complexity index is 583. The van der Waals surface area contributed by atoms with E-state index in [1.165, 1.54) is 11.1 Å². The van der Waals surface area contributed by atoms with Crippen LogP contribution in [-0.2, 0) is 6.42 Å². The Balaban J connectivity index is 1.82. The molecule has 1 fully saturated rings. The molecule has 1 aliphatic carbocycles. The largest absolute Gasteiger partial charge is 0.323 e. The molecule has 3 heteroatoms. The van der Waals surface area contributed by atoms with Crippen molar-refractivity contribution in [3.63, 3.8) is 0 Å². The van der Waals surface area contributed by atoms with Gasteiger partial charge in [-0.25, -0.2) is 0 Å². The van der Waals surface area contributed by atoms with Crippen molar-refractivity contribution >= 4 is 0 Å². The first-order chi connectivity index (χ1) is 9.86. The van der Waals surface area contributed by atoms with Crippen molar-refractivity contribution in [3.05, 3.63) is 34.9 Å². The summed E-state index contributed by atoms with van der Waals surface area (Å²) in [5, 5.41) is 9.07. The highest BCUT2D eigenvalue weighted by atomic mass is 15.2. The fourth-order valence-electron chi connectivity index (χ4n) is 4.06. The van der Waals surface area contributed by atoms with Crippen LogP contribution in [-0.4, -0.2) is 23.5 Å². The monoisotopic (exact) mass is 283 g/mol. The maximum atomic E-state index is 9.07. The molecule has 1 atom stereocenters. The van der Waals surface area contributed by atoms with Gasteiger partial charge in [0, 0.05) is 11.6 Å². The van der Waals surface area contributed by atoms with Gasteiger partial charge in [-0.05, 0) is 81.8 Å². The third-order valence-corrected chi connectivity index (χ3v) is 5.52. The van der Waals surface area contributed by atoms with Gasteiger partial charge in [-0.1, -0.05) is 6.07 Å². The maximum Gasteiger partial charge on any atom is 0.0991 e. The van der Waals surface area contributed by atoms with E-state index < -0.39 is 0 Å². The summed E-state index contributed by atoms with van der Waals surface area (Å²) in [6, 6.07) is 8.39. The van der Waals surface area contributed by atoms with Crippen molar-refractivity contribution < 1.29 is 0 Å². The SMILES string of the molecule is CC(C)(C)N1CCC2(CC1)Cc1cc(C#N)ccc1[C@H]2N. The highest BCUT2D eigenvalue weighted by Gasteiger charge is 2.46. The summed E-state index contributed by atoms with van der Waals surface area (Å²) in [5.74, 6) is 0. The quantitative estimate of drug-likeness (QED) is 0.796. The first kappa shape index (κ1) is 14.6. The van der Waals surface area contributed by atoms with Crippen LogP contribution in [0.5, 0.6) is 0 Å². The minimum absolute atomic E-state index is 0.127. The van der Waals surface area contributed by atoms with Gasteiger partial charge < -0.3 is 5.73 Å². The summed E-state index contributed by atoms with van der Waals surface area (Å²) in [6.07, 6.45) is 3.35. The van der Waals surface area contributed by atoms with E-state index in [4.69, 9.17) is 11.0 Å². The molecule has 112 valence electrons. The van der Waals surface area contributed by atoms with Gasteiger partial charge in [-0.3, -0.25) is 4.90 Å². The van der Waals surface area contributed by atoms with E-state index in [0.717, 1.165) is 37.9 Å². The standard InChI is InChI=1S/C18H25N3/c1-17(2,3)21-8-6-18(7-9-21)11-14-10-13(12-19)4-5-15(14)16(18)20/h4-5,10,16H,6-9,11,20H2,1-3H3/t16-/m1/s1. The number of likely N-dealkylation sites (tertiary alicyclic amines) is 1. The lowest BCUT2D eigenvalue weighted by molar-refractivity contribution is 0.0345. The molecule has 1 spiro atoms. The molecule has 3 rings (SSSR count). The summed E-state index contributed by atoms with van der Waals surface area (Å²) >= 11 is 0. The lowest BCUT2D eigenvalue weighted by Gasteiger charge is -2.47. The van der Waals surface area contributed by atoms with Crippen LogP contribution in [0.2, 0.25) is 0 Å². The van der Waals surface area contributed by atoms with Crippen LogP contribution in [0, 0.1) is 16.7 Å². The molecular weight excluding hydrogens is 258 g/mol. The molecule has 1 aromatic rings. The molecular formula is C18H25N3. The predicted molar refractivity (Wildman–Crippen MR) is 84.8 cm³/mol. The topological polar surface area (TPSA) is 53.0 Å². The van der Waals surface area contributed by atoms with Gasteiger partial charge in [-0.2, -0.15) is 5.26 Å². The molecule has 0 radical (unpaired) electrons. The van der Waals surface area contributed by atoms with E-state index in [2.05, 4.69) is 37.8 Å². The smallest absolute Gasteiger partial charge is 0.0991 e. The van der Waals surface area contributed by atoms with Crippen molar-refractivity contribution in [1.29, 1.82) is 5.26 Å². The van der Waals surface area contributed by atoms with Crippen molar-refractivity contribution in [1.82, 2.24) is 4.90 Å². The van der Waals surface area contributed by atoms with Crippen LogP contribution >= 0.6 is 0 Å². The molecule has 21 heavy (non-hydrogen) atoms. The van der Waals surface area contributed by atoms with Gasteiger partial charge in [0.05, 0.1) is 11.6 Å². The van der Waals surface area contributed by atoms with Crippen molar-refractivity contribution in [2.45, 2.75) is 51.6 Å².